The Hall–Kier alpha value is -0.610. The highest BCUT2D eigenvalue weighted by Crippen LogP contribution is 2.11. The summed E-state index contributed by atoms with van der Waals surface area (Å²) in [6.45, 7) is 3.93. The van der Waals surface area contributed by atoms with Crippen LogP contribution in [-0.4, -0.2) is 33.5 Å². The minimum absolute atomic E-state index is 0.143. The summed E-state index contributed by atoms with van der Waals surface area (Å²) in [4.78, 5) is 10.2. The van der Waals surface area contributed by atoms with Gasteiger partial charge in [-0.1, -0.05) is 13.8 Å². The highest BCUT2D eigenvalue weighted by atomic mass is 16.4. The van der Waals surface area contributed by atoms with E-state index in [1.807, 2.05) is 13.8 Å². The molecule has 0 spiro atoms. The summed E-state index contributed by atoms with van der Waals surface area (Å²) in [5.74, 6) is -0.684. The van der Waals surface area contributed by atoms with E-state index in [-0.39, 0.29) is 12.8 Å². The van der Waals surface area contributed by atoms with E-state index in [0.29, 0.717) is 12.3 Å². The van der Waals surface area contributed by atoms with Crippen LogP contribution in [0.4, 0.5) is 0 Å². The minimum Gasteiger partial charge on any atom is -0.481 e. The van der Waals surface area contributed by atoms with E-state index in [0.717, 1.165) is 0 Å². The zero-order valence-electron chi connectivity index (χ0n) is 8.10. The summed E-state index contributed by atoms with van der Waals surface area (Å²) in [7, 11) is 0. The Morgan fingerprint density at radius 1 is 1.15 bits per heavy atom. The summed E-state index contributed by atoms with van der Waals surface area (Å²) in [5.41, 5.74) is 0. The van der Waals surface area contributed by atoms with E-state index in [9.17, 15) is 9.90 Å². The third-order valence-electron chi connectivity index (χ3n) is 1.70. The first-order chi connectivity index (χ1) is 5.91. The second-order valence-electron chi connectivity index (χ2n) is 3.77. The Kier molecular flexibility index (Phi) is 5.66. The molecule has 4 nitrogen and oxygen atoms in total. The average molecular weight is 190 g/mol. The van der Waals surface area contributed by atoms with Crippen molar-refractivity contribution in [3.05, 3.63) is 0 Å². The second kappa shape index (κ2) is 5.94. The van der Waals surface area contributed by atoms with Crippen LogP contribution in [0.1, 0.15) is 33.1 Å². The van der Waals surface area contributed by atoms with Gasteiger partial charge >= 0.3 is 5.97 Å². The lowest BCUT2D eigenvalue weighted by Gasteiger charge is -2.15. The van der Waals surface area contributed by atoms with Crippen LogP contribution in [0.5, 0.6) is 0 Å². The molecule has 0 saturated carbocycles. The maximum Gasteiger partial charge on any atom is 0.305 e. The van der Waals surface area contributed by atoms with Gasteiger partial charge in [0.05, 0.1) is 18.6 Å². The first-order valence-electron chi connectivity index (χ1n) is 4.49. The van der Waals surface area contributed by atoms with E-state index in [1.165, 1.54) is 0 Å². The number of rotatable bonds is 6. The van der Waals surface area contributed by atoms with Gasteiger partial charge in [0.25, 0.3) is 0 Å². The van der Waals surface area contributed by atoms with Crippen molar-refractivity contribution in [1.82, 2.24) is 0 Å². The van der Waals surface area contributed by atoms with Gasteiger partial charge in [0, 0.05) is 0 Å². The van der Waals surface area contributed by atoms with Crippen LogP contribution >= 0.6 is 0 Å². The normalized spacial score (nSPS) is 15.8. The van der Waals surface area contributed by atoms with E-state index < -0.39 is 18.2 Å². The van der Waals surface area contributed by atoms with Gasteiger partial charge in [-0.05, 0) is 18.8 Å². The number of carboxylic acids is 1. The van der Waals surface area contributed by atoms with Crippen LogP contribution in [0.2, 0.25) is 0 Å². The molecular formula is C9H18O4. The van der Waals surface area contributed by atoms with Gasteiger partial charge in [-0.3, -0.25) is 4.79 Å². The molecule has 0 aromatic carbocycles. The predicted molar refractivity (Wildman–Crippen MR) is 48.3 cm³/mol. The zero-order chi connectivity index (χ0) is 10.4. The second-order valence-corrected chi connectivity index (χ2v) is 3.77. The lowest BCUT2D eigenvalue weighted by atomic mass is 10.0. The fourth-order valence-electron chi connectivity index (χ4n) is 1.24. The molecule has 0 aromatic heterocycles. The molecule has 0 saturated heterocycles. The molecule has 3 N–H and O–H groups in total. The fourth-order valence-corrected chi connectivity index (χ4v) is 1.24. The van der Waals surface area contributed by atoms with Crippen molar-refractivity contribution >= 4 is 5.97 Å². The Morgan fingerprint density at radius 2 is 1.69 bits per heavy atom. The van der Waals surface area contributed by atoms with Gasteiger partial charge in [0.2, 0.25) is 0 Å². The average Bonchev–Trinajstić information content (AvgIpc) is 1.80. The SMILES string of the molecule is CC(C)CC(O)CC(O)CC(=O)O. The standard InChI is InChI=1S/C9H18O4/c1-6(2)3-7(10)4-8(11)5-9(12)13/h6-8,10-11H,3-5H2,1-2H3,(H,12,13). The van der Waals surface area contributed by atoms with Crippen molar-refractivity contribution in [1.29, 1.82) is 0 Å². The number of aliphatic hydroxyl groups is 2. The van der Waals surface area contributed by atoms with Gasteiger partial charge in [-0.2, -0.15) is 0 Å². The molecule has 13 heavy (non-hydrogen) atoms. The lowest BCUT2D eigenvalue weighted by molar-refractivity contribution is -0.139. The summed E-state index contributed by atoms with van der Waals surface area (Å²) >= 11 is 0. The Bertz CT molecular complexity index is 156. The number of hydrogen-bond acceptors (Lipinski definition) is 3. The van der Waals surface area contributed by atoms with E-state index >= 15 is 0 Å². The largest absolute Gasteiger partial charge is 0.481 e. The Balaban J connectivity index is 3.64. The number of carbonyl (C=O) groups is 1. The smallest absolute Gasteiger partial charge is 0.305 e. The van der Waals surface area contributed by atoms with Gasteiger partial charge in [0.15, 0.2) is 0 Å². The third-order valence-corrected chi connectivity index (χ3v) is 1.70. The number of aliphatic hydroxyl groups excluding tert-OH is 2. The van der Waals surface area contributed by atoms with Gasteiger partial charge in [0.1, 0.15) is 0 Å². The van der Waals surface area contributed by atoms with E-state index in [1.54, 1.807) is 0 Å². The van der Waals surface area contributed by atoms with Crippen LogP contribution in [0.15, 0.2) is 0 Å². The first kappa shape index (κ1) is 12.4. The van der Waals surface area contributed by atoms with Gasteiger partial charge < -0.3 is 15.3 Å². The van der Waals surface area contributed by atoms with Crippen LogP contribution in [0, 0.1) is 5.92 Å². The van der Waals surface area contributed by atoms with E-state index in [4.69, 9.17) is 10.2 Å². The Morgan fingerprint density at radius 3 is 2.08 bits per heavy atom. The summed E-state index contributed by atoms with van der Waals surface area (Å²) in [6, 6.07) is 0. The molecule has 0 heterocycles. The Labute approximate surface area is 78.2 Å². The number of aliphatic carboxylic acids is 1. The highest BCUT2D eigenvalue weighted by molar-refractivity contribution is 5.67. The molecule has 2 unspecified atom stereocenters. The quantitative estimate of drug-likeness (QED) is 0.573. The summed E-state index contributed by atoms with van der Waals surface area (Å²) < 4.78 is 0. The maximum absolute atomic E-state index is 10.2. The molecule has 78 valence electrons. The molecule has 0 bridgehead atoms. The van der Waals surface area contributed by atoms with Gasteiger partial charge in [-0.15, -0.1) is 0 Å². The fraction of sp³-hybridized carbons (Fsp3) is 0.889. The van der Waals surface area contributed by atoms with Crippen molar-refractivity contribution in [3.8, 4) is 0 Å². The molecule has 4 heteroatoms. The number of carboxylic acid groups (broad SMARTS) is 1. The lowest BCUT2D eigenvalue weighted by Crippen LogP contribution is -2.21. The van der Waals surface area contributed by atoms with Crippen LogP contribution in [0.25, 0.3) is 0 Å². The molecule has 0 fully saturated rings. The van der Waals surface area contributed by atoms with Crippen LogP contribution < -0.4 is 0 Å². The molecule has 0 amide bonds. The van der Waals surface area contributed by atoms with Crippen molar-refractivity contribution in [3.63, 3.8) is 0 Å². The molecule has 0 radical (unpaired) electrons. The van der Waals surface area contributed by atoms with Crippen molar-refractivity contribution in [2.75, 3.05) is 0 Å². The molecule has 0 aliphatic carbocycles. The van der Waals surface area contributed by atoms with Crippen molar-refractivity contribution in [2.45, 2.75) is 45.3 Å². The summed E-state index contributed by atoms with van der Waals surface area (Å²) in [5, 5.41) is 26.8. The molecule has 0 aliphatic heterocycles. The summed E-state index contributed by atoms with van der Waals surface area (Å²) in [6.07, 6.45) is -1.10. The van der Waals surface area contributed by atoms with Gasteiger partial charge in [-0.25, -0.2) is 0 Å². The van der Waals surface area contributed by atoms with Crippen molar-refractivity contribution < 1.29 is 20.1 Å². The first-order valence-corrected chi connectivity index (χ1v) is 4.49. The monoisotopic (exact) mass is 190 g/mol. The van der Waals surface area contributed by atoms with Crippen LogP contribution in [-0.2, 0) is 4.79 Å². The molecule has 0 aromatic rings. The van der Waals surface area contributed by atoms with Crippen LogP contribution in [0.3, 0.4) is 0 Å². The molecular weight excluding hydrogens is 172 g/mol. The topological polar surface area (TPSA) is 77.8 Å². The zero-order valence-corrected chi connectivity index (χ0v) is 8.10. The number of hydrogen-bond donors (Lipinski definition) is 3. The highest BCUT2D eigenvalue weighted by Gasteiger charge is 2.15. The minimum atomic E-state index is -1.04. The molecule has 0 aliphatic rings. The van der Waals surface area contributed by atoms with Crippen molar-refractivity contribution in [2.24, 2.45) is 5.92 Å². The molecule has 2 atom stereocenters. The van der Waals surface area contributed by atoms with E-state index in [2.05, 4.69) is 0 Å². The maximum atomic E-state index is 10.2. The third kappa shape index (κ3) is 7.74. The molecule has 0 rings (SSSR count). The predicted octanol–water partition coefficient (Wildman–Crippen LogP) is 0.619.